The van der Waals surface area contributed by atoms with Gasteiger partial charge in [-0.1, -0.05) is 31.9 Å². The van der Waals surface area contributed by atoms with Crippen LogP contribution in [0.5, 0.6) is 0 Å². The Bertz CT molecular complexity index is 138. The van der Waals surface area contributed by atoms with Crippen LogP contribution in [-0.4, -0.2) is 45.7 Å². The van der Waals surface area contributed by atoms with Crippen LogP contribution in [0.4, 0.5) is 0 Å². The standard InChI is InChI=1S/C6H10Br2O4/c7-1-5(9)3-12-6(10,2-8)4-11-5/h9-10H,1-4H2/t5-,6+. The Morgan fingerprint density at radius 3 is 1.50 bits per heavy atom. The van der Waals surface area contributed by atoms with Gasteiger partial charge in [-0.05, 0) is 0 Å². The van der Waals surface area contributed by atoms with Crippen LogP contribution in [0.3, 0.4) is 0 Å². The Labute approximate surface area is 87.1 Å². The van der Waals surface area contributed by atoms with E-state index in [-0.39, 0.29) is 23.9 Å². The molecule has 12 heavy (non-hydrogen) atoms. The lowest BCUT2D eigenvalue weighted by molar-refractivity contribution is -0.348. The number of rotatable bonds is 2. The predicted molar refractivity (Wildman–Crippen MR) is 49.4 cm³/mol. The second-order valence-electron chi connectivity index (χ2n) is 2.74. The van der Waals surface area contributed by atoms with Crippen LogP contribution in [0.1, 0.15) is 0 Å². The van der Waals surface area contributed by atoms with E-state index in [2.05, 4.69) is 31.9 Å². The van der Waals surface area contributed by atoms with E-state index >= 15 is 0 Å². The van der Waals surface area contributed by atoms with Gasteiger partial charge in [0.15, 0.2) is 11.6 Å². The van der Waals surface area contributed by atoms with Gasteiger partial charge in [0.1, 0.15) is 13.2 Å². The van der Waals surface area contributed by atoms with Crippen molar-refractivity contribution in [1.29, 1.82) is 0 Å². The zero-order valence-corrected chi connectivity index (χ0v) is 9.47. The molecular weight excluding hydrogens is 296 g/mol. The molecule has 4 nitrogen and oxygen atoms in total. The number of alkyl halides is 2. The smallest absolute Gasteiger partial charge is 0.199 e. The summed E-state index contributed by atoms with van der Waals surface area (Å²) in [6, 6.07) is 0. The maximum Gasteiger partial charge on any atom is 0.199 e. The number of ether oxygens (including phenoxy) is 2. The van der Waals surface area contributed by atoms with E-state index in [1.807, 2.05) is 0 Å². The molecule has 0 aromatic rings. The zero-order valence-electron chi connectivity index (χ0n) is 6.30. The molecule has 0 unspecified atom stereocenters. The fourth-order valence-electron chi connectivity index (χ4n) is 0.732. The molecule has 1 rings (SSSR count). The molecule has 1 aliphatic rings. The Hall–Kier alpha value is 0.800. The van der Waals surface area contributed by atoms with Crippen LogP contribution >= 0.6 is 31.9 Å². The summed E-state index contributed by atoms with van der Waals surface area (Å²) in [6.45, 7) is -0.0826. The van der Waals surface area contributed by atoms with E-state index in [4.69, 9.17) is 9.47 Å². The van der Waals surface area contributed by atoms with Crippen LogP contribution < -0.4 is 0 Å². The molecule has 0 amide bonds. The number of halogens is 2. The van der Waals surface area contributed by atoms with Crippen molar-refractivity contribution < 1.29 is 19.7 Å². The minimum Gasteiger partial charge on any atom is -0.363 e. The van der Waals surface area contributed by atoms with Crippen LogP contribution in [-0.2, 0) is 9.47 Å². The fraction of sp³-hybridized carbons (Fsp3) is 1.00. The first-order chi connectivity index (χ1) is 5.54. The highest BCUT2D eigenvalue weighted by Crippen LogP contribution is 2.24. The van der Waals surface area contributed by atoms with Gasteiger partial charge >= 0.3 is 0 Å². The molecule has 1 aliphatic heterocycles. The van der Waals surface area contributed by atoms with Crippen molar-refractivity contribution in [3.8, 4) is 0 Å². The molecule has 1 saturated heterocycles. The molecule has 1 fully saturated rings. The summed E-state index contributed by atoms with van der Waals surface area (Å²) in [5, 5.41) is 19.5. The third-order valence-electron chi connectivity index (χ3n) is 1.55. The molecule has 0 spiro atoms. The summed E-state index contributed by atoms with van der Waals surface area (Å²) in [5.41, 5.74) is 0. The van der Waals surface area contributed by atoms with Crippen molar-refractivity contribution in [3.63, 3.8) is 0 Å². The van der Waals surface area contributed by atoms with E-state index in [1.165, 1.54) is 0 Å². The Balaban J connectivity index is 2.49. The maximum absolute atomic E-state index is 9.49. The topological polar surface area (TPSA) is 58.9 Å². The van der Waals surface area contributed by atoms with Crippen molar-refractivity contribution in [2.24, 2.45) is 0 Å². The number of hydrogen-bond donors (Lipinski definition) is 2. The van der Waals surface area contributed by atoms with Crippen molar-refractivity contribution in [1.82, 2.24) is 0 Å². The van der Waals surface area contributed by atoms with Crippen LogP contribution in [0.2, 0.25) is 0 Å². The van der Waals surface area contributed by atoms with Crippen molar-refractivity contribution >= 4 is 31.9 Å². The molecular formula is C6H10Br2O4. The molecule has 1 heterocycles. The Kier molecular flexibility index (Phi) is 3.53. The fourth-order valence-corrected chi connectivity index (χ4v) is 1.38. The predicted octanol–water partition coefficient (Wildman–Crippen LogP) is 0.200. The van der Waals surface area contributed by atoms with E-state index in [1.54, 1.807) is 0 Å². The lowest BCUT2D eigenvalue weighted by Gasteiger charge is -2.39. The van der Waals surface area contributed by atoms with Gasteiger partial charge < -0.3 is 19.7 Å². The molecule has 0 saturated carbocycles. The highest BCUT2D eigenvalue weighted by Gasteiger charge is 2.41. The summed E-state index contributed by atoms with van der Waals surface area (Å²) < 4.78 is 10.0. The zero-order chi connectivity index (χ0) is 9.24. The third-order valence-corrected chi connectivity index (χ3v) is 3.30. The third kappa shape index (κ3) is 2.40. The minimum absolute atomic E-state index is 0.0413. The Morgan fingerprint density at radius 1 is 1.00 bits per heavy atom. The van der Waals surface area contributed by atoms with Crippen LogP contribution in [0.25, 0.3) is 0 Å². The molecule has 0 aromatic carbocycles. The largest absolute Gasteiger partial charge is 0.363 e. The van der Waals surface area contributed by atoms with Gasteiger partial charge in [0.05, 0.1) is 10.7 Å². The average molecular weight is 306 g/mol. The van der Waals surface area contributed by atoms with E-state index in [0.717, 1.165) is 0 Å². The summed E-state index contributed by atoms with van der Waals surface area (Å²) >= 11 is 6.16. The molecule has 0 bridgehead atoms. The Morgan fingerprint density at radius 2 is 1.33 bits per heavy atom. The highest BCUT2D eigenvalue weighted by atomic mass is 79.9. The molecule has 2 atom stereocenters. The van der Waals surface area contributed by atoms with Gasteiger partial charge in [-0.25, -0.2) is 0 Å². The minimum atomic E-state index is -1.31. The van der Waals surface area contributed by atoms with Crippen LogP contribution in [0, 0.1) is 0 Å². The summed E-state index contributed by atoms with van der Waals surface area (Å²) in [4.78, 5) is 0. The maximum atomic E-state index is 9.49. The van der Waals surface area contributed by atoms with Gasteiger partial charge in [-0.3, -0.25) is 0 Å². The summed E-state index contributed by atoms with van der Waals surface area (Å²) in [5.74, 6) is -2.62. The summed E-state index contributed by atoms with van der Waals surface area (Å²) in [7, 11) is 0. The second-order valence-corrected chi connectivity index (χ2v) is 3.86. The van der Waals surface area contributed by atoms with Crippen LogP contribution in [0.15, 0.2) is 0 Å². The first kappa shape index (κ1) is 10.9. The van der Waals surface area contributed by atoms with Gasteiger partial charge in [0, 0.05) is 0 Å². The lowest BCUT2D eigenvalue weighted by Crippen LogP contribution is -2.55. The van der Waals surface area contributed by atoms with E-state index in [0.29, 0.717) is 0 Å². The molecule has 2 N–H and O–H groups in total. The van der Waals surface area contributed by atoms with Gasteiger partial charge in [0.25, 0.3) is 0 Å². The summed E-state index contributed by atoms with van der Waals surface area (Å²) in [6.07, 6.45) is 0. The monoisotopic (exact) mass is 304 g/mol. The van der Waals surface area contributed by atoms with E-state index in [9.17, 15) is 10.2 Å². The van der Waals surface area contributed by atoms with Gasteiger partial charge in [-0.2, -0.15) is 0 Å². The first-order valence-electron chi connectivity index (χ1n) is 3.38. The highest BCUT2D eigenvalue weighted by molar-refractivity contribution is 9.09. The molecule has 0 aromatic heterocycles. The molecule has 0 radical (unpaired) electrons. The normalized spacial score (nSPS) is 43.0. The molecule has 0 aliphatic carbocycles. The number of aliphatic hydroxyl groups is 2. The molecule has 72 valence electrons. The van der Waals surface area contributed by atoms with Gasteiger partial charge in [-0.15, -0.1) is 0 Å². The van der Waals surface area contributed by atoms with Gasteiger partial charge in [0.2, 0.25) is 0 Å². The first-order valence-corrected chi connectivity index (χ1v) is 5.62. The number of hydrogen-bond acceptors (Lipinski definition) is 4. The SMILES string of the molecule is O[C@]1(CBr)CO[C@](O)(CBr)CO1. The van der Waals surface area contributed by atoms with Crippen molar-refractivity contribution in [3.05, 3.63) is 0 Å². The second kappa shape index (κ2) is 3.89. The molecule has 6 heteroatoms. The lowest BCUT2D eigenvalue weighted by atomic mass is 10.2. The van der Waals surface area contributed by atoms with E-state index < -0.39 is 11.6 Å². The average Bonchev–Trinajstić information content (AvgIpc) is 2.11. The quantitative estimate of drug-likeness (QED) is 0.716. The van der Waals surface area contributed by atoms with Crippen molar-refractivity contribution in [2.45, 2.75) is 11.6 Å². The van der Waals surface area contributed by atoms with Crippen molar-refractivity contribution in [2.75, 3.05) is 23.9 Å².